The molecule has 0 aliphatic heterocycles. The Bertz CT molecular complexity index is 515. The summed E-state index contributed by atoms with van der Waals surface area (Å²) in [4.78, 5) is 0. The number of halogens is 2. The maximum Gasteiger partial charge on any atom is 0.122 e. The zero-order chi connectivity index (χ0) is 11.7. The Balaban J connectivity index is 2.38. The van der Waals surface area contributed by atoms with Gasteiger partial charge in [-0.25, -0.2) is 4.68 Å². The van der Waals surface area contributed by atoms with Crippen molar-refractivity contribution in [3.63, 3.8) is 0 Å². The summed E-state index contributed by atoms with van der Waals surface area (Å²) in [6.45, 7) is 0. The van der Waals surface area contributed by atoms with Crippen LogP contribution in [0, 0.1) is 0 Å². The third-order valence-electron chi connectivity index (χ3n) is 2.29. The van der Waals surface area contributed by atoms with E-state index in [9.17, 15) is 5.11 Å². The van der Waals surface area contributed by atoms with E-state index >= 15 is 0 Å². The van der Waals surface area contributed by atoms with Gasteiger partial charge in [-0.15, -0.1) is 5.10 Å². The lowest BCUT2D eigenvalue weighted by Crippen LogP contribution is -2.06. The van der Waals surface area contributed by atoms with Crippen LogP contribution in [0.1, 0.15) is 17.4 Å². The van der Waals surface area contributed by atoms with Crippen LogP contribution in [-0.4, -0.2) is 20.1 Å². The molecule has 0 amide bonds. The molecule has 0 bridgehead atoms. The fraction of sp³-hybridized carbons (Fsp3) is 0.200. The second-order valence-electron chi connectivity index (χ2n) is 3.36. The van der Waals surface area contributed by atoms with Crippen LogP contribution in [0.2, 0.25) is 5.02 Å². The van der Waals surface area contributed by atoms with Crippen LogP contribution in [0.3, 0.4) is 0 Å². The molecule has 1 heterocycles. The first kappa shape index (κ1) is 11.6. The van der Waals surface area contributed by atoms with Gasteiger partial charge in [0, 0.05) is 11.5 Å². The molecule has 1 aromatic carbocycles. The first-order valence-electron chi connectivity index (χ1n) is 4.57. The lowest BCUT2D eigenvalue weighted by molar-refractivity contribution is 0.209. The number of benzene rings is 1. The number of aliphatic hydroxyl groups is 1. The van der Waals surface area contributed by atoms with Crippen molar-refractivity contribution in [1.82, 2.24) is 15.0 Å². The number of hydrogen-bond donors (Lipinski definition) is 1. The molecular formula is C10H9BrClN3O. The van der Waals surface area contributed by atoms with Gasteiger partial charge in [0.05, 0.1) is 16.9 Å². The summed E-state index contributed by atoms with van der Waals surface area (Å²) in [5, 5.41) is 18.2. The molecule has 84 valence electrons. The molecule has 0 fully saturated rings. The number of rotatable bonds is 2. The van der Waals surface area contributed by atoms with E-state index in [-0.39, 0.29) is 0 Å². The molecule has 0 saturated heterocycles. The number of aromatic nitrogens is 3. The van der Waals surface area contributed by atoms with Crippen LogP contribution in [0.15, 0.2) is 28.9 Å². The maximum absolute atomic E-state index is 10.1. The monoisotopic (exact) mass is 301 g/mol. The summed E-state index contributed by atoms with van der Waals surface area (Å²) in [6.07, 6.45) is 0.779. The van der Waals surface area contributed by atoms with Gasteiger partial charge in [0.1, 0.15) is 6.10 Å². The van der Waals surface area contributed by atoms with Crippen molar-refractivity contribution in [1.29, 1.82) is 0 Å². The van der Waals surface area contributed by atoms with E-state index in [0.29, 0.717) is 10.7 Å². The van der Waals surface area contributed by atoms with Crippen LogP contribution in [0.4, 0.5) is 0 Å². The summed E-state index contributed by atoms with van der Waals surface area (Å²) in [7, 11) is 1.73. The predicted octanol–water partition coefficient (Wildman–Crippen LogP) is 2.31. The summed E-state index contributed by atoms with van der Waals surface area (Å²) < 4.78 is 2.29. The van der Waals surface area contributed by atoms with Gasteiger partial charge in [0.15, 0.2) is 0 Å². The van der Waals surface area contributed by atoms with Gasteiger partial charge >= 0.3 is 0 Å². The normalized spacial score (nSPS) is 12.8. The Labute approximate surface area is 106 Å². The molecule has 1 N–H and O–H groups in total. The molecular weight excluding hydrogens is 293 g/mol. The minimum absolute atomic E-state index is 0.610. The Kier molecular flexibility index (Phi) is 3.28. The quantitative estimate of drug-likeness (QED) is 0.926. The lowest BCUT2D eigenvalue weighted by atomic mass is 10.1. The molecule has 1 unspecified atom stereocenters. The molecule has 0 aliphatic rings. The number of aliphatic hydroxyl groups excluding tert-OH is 1. The smallest absolute Gasteiger partial charge is 0.122 e. The largest absolute Gasteiger partial charge is 0.382 e. The average Bonchev–Trinajstić information content (AvgIpc) is 2.67. The molecule has 1 atom stereocenters. The average molecular weight is 303 g/mol. The lowest BCUT2D eigenvalue weighted by Gasteiger charge is -2.11. The molecule has 4 nitrogen and oxygen atoms in total. The number of aryl methyl sites for hydroxylation is 1. The van der Waals surface area contributed by atoms with Crippen LogP contribution >= 0.6 is 27.5 Å². The highest BCUT2D eigenvalue weighted by Crippen LogP contribution is 2.28. The van der Waals surface area contributed by atoms with Crippen LogP contribution in [-0.2, 0) is 7.05 Å². The Morgan fingerprint density at radius 2 is 2.25 bits per heavy atom. The minimum Gasteiger partial charge on any atom is -0.382 e. The summed E-state index contributed by atoms with van der Waals surface area (Å²) >= 11 is 9.20. The van der Waals surface area contributed by atoms with E-state index in [4.69, 9.17) is 11.6 Å². The Morgan fingerprint density at radius 3 is 2.81 bits per heavy atom. The van der Waals surface area contributed by atoms with E-state index in [1.807, 2.05) is 0 Å². The fourth-order valence-electron chi connectivity index (χ4n) is 1.40. The molecule has 6 heteroatoms. The van der Waals surface area contributed by atoms with Gasteiger partial charge < -0.3 is 5.11 Å². The standard InChI is InChI=1S/C10H9BrClN3O/c1-15-9(5-13-14-15)10(16)6-2-3-8(12)7(11)4-6/h2-5,10,16H,1H3. The maximum atomic E-state index is 10.1. The van der Waals surface area contributed by atoms with Crippen molar-refractivity contribution < 1.29 is 5.11 Å². The highest BCUT2D eigenvalue weighted by atomic mass is 79.9. The van der Waals surface area contributed by atoms with E-state index in [1.165, 1.54) is 10.9 Å². The van der Waals surface area contributed by atoms with Crippen molar-refractivity contribution in [3.05, 3.63) is 45.1 Å². The van der Waals surface area contributed by atoms with Crippen LogP contribution < -0.4 is 0 Å². The zero-order valence-electron chi connectivity index (χ0n) is 8.43. The van der Waals surface area contributed by atoms with E-state index in [1.54, 1.807) is 25.2 Å². The molecule has 1 aromatic heterocycles. The predicted molar refractivity (Wildman–Crippen MR) is 64.2 cm³/mol. The van der Waals surface area contributed by atoms with Crippen LogP contribution in [0.5, 0.6) is 0 Å². The SMILES string of the molecule is Cn1nncc1C(O)c1ccc(Cl)c(Br)c1. The summed E-state index contributed by atoms with van der Waals surface area (Å²) in [5.74, 6) is 0. The van der Waals surface area contributed by atoms with E-state index < -0.39 is 6.10 Å². The molecule has 0 saturated carbocycles. The molecule has 2 aromatic rings. The van der Waals surface area contributed by atoms with Gasteiger partial charge in [-0.05, 0) is 33.6 Å². The summed E-state index contributed by atoms with van der Waals surface area (Å²) in [5.41, 5.74) is 1.37. The second-order valence-corrected chi connectivity index (χ2v) is 4.62. The Hall–Kier alpha value is -0.910. The van der Waals surface area contributed by atoms with E-state index in [0.717, 1.165) is 10.0 Å². The molecule has 0 radical (unpaired) electrons. The van der Waals surface area contributed by atoms with E-state index in [2.05, 4.69) is 26.2 Å². The van der Waals surface area contributed by atoms with Crippen molar-refractivity contribution >= 4 is 27.5 Å². The van der Waals surface area contributed by atoms with Crippen molar-refractivity contribution in [2.45, 2.75) is 6.10 Å². The third kappa shape index (κ3) is 2.11. The summed E-state index contributed by atoms with van der Waals surface area (Å²) in [6, 6.07) is 5.28. The van der Waals surface area contributed by atoms with Gasteiger partial charge in [-0.2, -0.15) is 0 Å². The first-order chi connectivity index (χ1) is 7.59. The molecule has 0 aliphatic carbocycles. The van der Waals surface area contributed by atoms with Gasteiger partial charge in [-0.1, -0.05) is 22.9 Å². The third-order valence-corrected chi connectivity index (χ3v) is 3.50. The zero-order valence-corrected chi connectivity index (χ0v) is 10.8. The van der Waals surface area contributed by atoms with Gasteiger partial charge in [-0.3, -0.25) is 0 Å². The van der Waals surface area contributed by atoms with Crippen molar-refractivity contribution in [2.75, 3.05) is 0 Å². The highest BCUT2D eigenvalue weighted by molar-refractivity contribution is 9.10. The number of nitrogens with zero attached hydrogens (tertiary/aromatic N) is 3. The van der Waals surface area contributed by atoms with Gasteiger partial charge in [0.2, 0.25) is 0 Å². The Morgan fingerprint density at radius 1 is 1.50 bits per heavy atom. The molecule has 16 heavy (non-hydrogen) atoms. The minimum atomic E-state index is -0.756. The topological polar surface area (TPSA) is 50.9 Å². The molecule has 0 spiro atoms. The van der Waals surface area contributed by atoms with Crippen molar-refractivity contribution in [2.24, 2.45) is 7.05 Å². The second kappa shape index (κ2) is 4.53. The fourth-order valence-corrected chi connectivity index (χ4v) is 1.91. The van der Waals surface area contributed by atoms with Crippen molar-refractivity contribution in [3.8, 4) is 0 Å². The van der Waals surface area contributed by atoms with Gasteiger partial charge in [0.25, 0.3) is 0 Å². The molecule has 2 rings (SSSR count). The van der Waals surface area contributed by atoms with Crippen LogP contribution in [0.25, 0.3) is 0 Å². The first-order valence-corrected chi connectivity index (χ1v) is 5.74. The number of hydrogen-bond acceptors (Lipinski definition) is 3. The highest BCUT2D eigenvalue weighted by Gasteiger charge is 2.15.